The number of aryl methyl sites for hydroxylation is 2. The zero-order chi connectivity index (χ0) is 14.2. The average Bonchev–Trinajstić information content (AvgIpc) is 2.34. The van der Waals surface area contributed by atoms with Gasteiger partial charge in [0.25, 0.3) is 0 Å². The lowest BCUT2D eigenvalue weighted by atomic mass is 9.98. The number of carboxylic acid groups (broad SMARTS) is 1. The number of aromatic carboxylic acids is 1. The van der Waals surface area contributed by atoms with Crippen molar-refractivity contribution in [1.29, 1.82) is 0 Å². The molecule has 0 saturated heterocycles. The summed E-state index contributed by atoms with van der Waals surface area (Å²) in [5, 5.41) is 19.1. The van der Waals surface area contributed by atoms with E-state index in [-0.39, 0.29) is 11.3 Å². The van der Waals surface area contributed by atoms with Gasteiger partial charge >= 0.3 is 5.97 Å². The molecule has 2 aromatic carbocycles. The Kier molecular flexibility index (Phi) is 3.49. The molecule has 0 spiro atoms. The van der Waals surface area contributed by atoms with Gasteiger partial charge in [0.1, 0.15) is 11.3 Å². The Morgan fingerprint density at radius 2 is 1.74 bits per heavy atom. The largest absolute Gasteiger partial charge is 0.507 e. The number of aromatic hydroxyl groups is 1. The Labute approximate surface area is 116 Å². The lowest BCUT2D eigenvalue weighted by molar-refractivity contribution is 0.0694. The van der Waals surface area contributed by atoms with Crippen molar-refractivity contribution in [3.05, 3.63) is 52.0 Å². The normalized spacial score (nSPS) is 10.5. The minimum atomic E-state index is -1.17. The Hall–Kier alpha value is -2.00. The standard InChI is InChI=1S/C15H13ClO3/c1-8-5-11(13(16)6-9(8)2)10-3-4-14(17)12(7-10)15(18)19/h3-7,17H,1-2H3,(H,18,19). The van der Waals surface area contributed by atoms with Crippen molar-refractivity contribution in [2.75, 3.05) is 0 Å². The first kappa shape index (κ1) is 13.4. The van der Waals surface area contributed by atoms with Gasteiger partial charge < -0.3 is 10.2 Å². The fourth-order valence-electron chi connectivity index (χ4n) is 1.88. The van der Waals surface area contributed by atoms with E-state index in [9.17, 15) is 9.90 Å². The zero-order valence-corrected chi connectivity index (χ0v) is 11.3. The molecule has 0 heterocycles. The van der Waals surface area contributed by atoms with E-state index in [1.807, 2.05) is 26.0 Å². The summed E-state index contributed by atoms with van der Waals surface area (Å²) in [4.78, 5) is 11.0. The van der Waals surface area contributed by atoms with Crippen molar-refractivity contribution < 1.29 is 15.0 Å². The third kappa shape index (κ3) is 2.56. The van der Waals surface area contributed by atoms with Crippen LogP contribution in [0.25, 0.3) is 11.1 Å². The van der Waals surface area contributed by atoms with E-state index in [1.54, 1.807) is 6.07 Å². The highest BCUT2D eigenvalue weighted by atomic mass is 35.5. The predicted octanol–water partition coefficient (Wildman–Crippen LogP) is 4.03. The van der Waals surface area contributed by atoms with Crippen molar-refractivity contribution >= 4 is 17.6 Å². The lowest BCUT2D eigenvalue weighted by Crippen LogP contribution is -1.97. The van der Waals surface area contributed by atoms with Crippen LogP contribution in [-0.4, -0.2) is 16.2 Å². The van der Waals surface area contributed by atoms with Crippen molar-refractivity contribution in [3.8, 4) is 16.9 Å². The molecule has 0 aliphatic heterocycles. The second-order valence-electron chi connectivity index (χ2n) is 4.45. The topological polar surface area (TPSA) is 57.5 Å². The van der Waals surface area contributed by atoms with Crippen LogP contribution in [0.3, 0.4) is 0 Å². The monoisotopic (exact) mass is 276 g/mol. The minimum Gasteiger partial charge on any atom is -0.507 e. The van der Waals surface area contributed by atoms with Crippen molar-refractivity contribution in [3.63, 3.8) is 0 Å². The van der Waals surface area contributed by atoms with Gasteiger partial charge in [0.15, 0.2) is 0 Å². The van der Waals surface area contributed by atoms with Crippen molar-refractivity contribution in [2.45, 2.75) is 13.8 Å². The fraction of sp³-hybridized carbons (Fsp3) is 0.133. The van der Waals surface area contributed by atoms with E-state index in [0.29, 0.717) is 10.6 Å². The first-order chi connectivity index (χ1) is 8.90. The van der Waals surface area contributed by atoms with E-state index in [4.69, 9.17) is 16.7 Å². The average molecular weight is 277 g/mol. The van der Waals surface area contributed by atoms with Crippen LogP contribution >= 0.6 is 11.6 Å². The van der Waals surface area contributed by atoms with Crippen LogP contribution in [0.4, 0.5) is 0 Å². The molecule has 0 bridgehead atoms. The number of hydrogen-bond acceptors (Lipinski definition) is 2. The molecule has 3 nitrogen and oxygen atoms in total. The molecule has 0 amide bonds. The molecule has 2 N–H and O–H groups in total. The van der Waals surface area contributed by atoms with Gasteiger partial charge in [0.05, 0.1) is 0 Å². The summed E-state index contributed by atoms with van der Waals surface area (Å²) in [6.45, 7) is 3.93. The SMILES string of the molecule is Cc1cc(Cl)c(-c2ccc(O)c(C(=O)O)c2)cc1C. The van der Waals surface area contributed by atoms with Crippen LogP contribution in [0.15, 0.2) is 30.3 Å². The van der Waals surface area contributed by atoms with Gasteiger partial charge in [-0.2, -0.15) is 0 Å². The third-order valence-electron chi connectivity index (χ3n) is 3.12. The van der Waals surface area contributed by atoms with Crippen LogP contribution in [0, 0.1) is 13.8 Å². The fourth-order valence-corrected chi connectivity index (χ4v) is 2.20. The molecule has 0 atom stereocenters. The quantitative estimate of drug-likeness (QED) is 0.871. The number of hydrogen-bond donors (Lipinski definition) is 2. The van der Waals surface area contributed by atoms with Crippen LogP contribution in [0.1, 0.15) is 21.5 Å². The van der Waals surface area contributed by atoms with E-state index in [1.165, 1.54) is 12.1 Å². The van der Waals surface area contributed by atoms with Crippen LogP contribution in [-0.2, 0) is 0 Å². The molecule has 0 aromatic heterocycles. The predicted molar refractivity (Wildman–Crippen MR) is 75.0 cm³/mol. The van der Waals surface area contributed by atoms with Gasteiger partial charge in [0.2, 0.25) is 0 Å². The summed E-state index contributed by atoms with van der Waals surface area (Å²) in [6.07, 6.45) is 0. The maximum absolute atomic E-state index is 11.0. The molecule has 19 heavy (non-hydrogen) atoms. The third-order valence-corrected chi connectivity index (χ3v) is 3.43. The van der Waals surface area contributed by atoms with Gasteiger partial charge in [-0.3, -0.25) is 0 Å². The summed E-state index contributed by atoms with van der Waals surface area (Å²) in [7, 11) is 0. The van der Waals surface area contributed by atoms with Crippen molar-refractivity contribution in [2.24, 2.45) is 0 Å². The van der Waals surface area contributed by atoms with E-state index in [2.05, 4.69) is 0 Å². The lowest BCUT2D eigenvalue weighted by Gasteiger charge is -2.10. The number of phenols is 1. The van der Waals surface area contributed by atoms with Gasteiger partial charge in [-0.15, -0.1) is 0 Å². The molecule has 2 aromatic rings. The Balaban J connectivity index is 2.63. The second-order valence-corrected chi connectivity index (χ2v) is 4.86. The maximum Gasteiger partial charge on any atom is 0.339 e. The number of halogens is 1. The summed E-state index contributed by atoms with van der Waals surface area (Å²) in [6, 6.07) is 8.20. The number of rotatable bonds is 2. The molecule has 0 fully saturated rings. The molecule has 4 heteroatoms. The molecule has 0 aliphatic rings. The summed E-state index contributed by atoms with van der Waals surface area (Å²) >= 11 is 6.20. The number of carbonyl (C=O) groups is 1. The molecule has 0 saturated carbocycles. The van der Waals surface area contributed by atoms with Crippen LogP contribution in [0.5, 0.6) is 5.75 Å². The summed E-state index contributed by atoms with van der Waals surface area (Å²) in [5.74, 6) is -1.42. The second kappa shape index (κ2) is 4.94. The molecule has 0 unspecified atom stereocenters. The van der Waals surface area contributed by atoms with Crippen LogP contribution in [0.2, 0.25) is 5.02 Å². The van der Waals surface area contributed by atoms with Crippen molar-refractivity contribution in [1.82, 2.24) is 0 Å². The van der Waals surface area contributed by atoms with Gasteiger partial charge in [0, 0.05) is 10.6 Å². The number of carboxylic acids is 1. The van der Waals surface area contributed by atoms with Gasteiger partial charge in [-0.25, -0.2) is 4.79 Å². The highest BCUT2D eigenvalue weighted by Gasteiger charge is 2.13. The summed E-state index contributed by atoms with van der Waals surface area (Å²) < 4.78 is 0. The Morgan fingerprint density at radius 3 is 2.37 bits per heavy atom. The highest BCUT2D eigenvalue weighted by Crippen LogP contribution is 2.33. The minimum absolute atomic E-state index is 0.133. The first-order valence-corrected chi connectivity index (χ1v) is 6.11. The van der Waals surface area contributed by atoms with E-state index >= 15 is 0 Å². The molecule has 0 radical (unpaired) electrons. The molecule has 2 rings (SSSR count). The van der Waals surface area contributed by atoms with Crippen LogP contribution < -0.4 is 0 Å². The molecular formula is C15H13ClO3. The number of benzene rings is 2. The van der Waals surface area contributed by atoms with Gasteiger partial charge in [-0.1, -0.05) is 17.7 Å². The highest BCUT2D eigenvalue weighted by molar-refractivity contribution is 6.33. The zero-order valence-electron chi connectivity index (χ0n) is 10.6. The van der Waals surface area contributed by atoms with E-state index < -0.39 is 5.97 Å². The molecular weight excluding hydrogens is 264 g/mol. The molecule has 0 aliphatic carbocycles. The smallest absolute Gasteiger partial charge is 0.339 e. The Bertz CT molecular complexity index is 663. The van der Waals surface area contributed by atoms with Gasteiger partial charge in [-0.05, 0) is 54.8 Å². The van der Waals surface area contributed by atoms with E-state index in [0.717, 1.165) is 16.7 Å². The maximum atomic E-state index is 11.0. The Morgan fingerprint density at radius 1 is 1.11 bits per heavy atom. The first-order valence-electron chi connectivity index (χ1n) is 5.73. The molecule has 98 valence electrons. The summed E-state index contributed by atoms with van der Waals surface area (Å²) in [5.41, 5.74) is 3.44.